The number of methoxy groups -OCH3 is 1. The molecule has 3 N–H and O–H groups in total. The predicted octanol–water partition coefficient (Wildman–Crippen LogP) is 0.931. The van der Waals surface area contributed by atoms with Crippen molar-refractivity contribution in [3.8, 4) is 11.5 Å². The SMILES string of the molecule is COC(=O)c1nc(CN)cc(OC(F)(F)F)c1O. The lowest BCUT2D eigenvalue weighted by Crippen LogP contribution is -2.19. The van der Waals surface area contributed by atoms with Crippen LogP contribution in [0.4, 0.5) is 13.2 Å². The minimum Gasteiger partial charge on any atom is -0.503 e. The molecule has 0 fully saturated rings. The van der Waals surface area contributed by atoms with Gasteiger partial charge in [0, 0.05) is 12.6 Å². The van der Waals surface area contributed by atoms with Crippen molar-refractivity contribution in [2.45, 2.75) is 12.9 Å². The van der Waals surface area contributed by atoms with Gasteiger partial charge in [-0.1, -0.05) is 0 Å². The fourth-order valence-electron chi connectivity index (χ4n) is 1.11. The van der Waals surface area contributed by atoms with Crippen molar-refractivity contribution in [2.24, 2.45) is 5.73 Å². The van der Waals surface area contributed by atoms with Gasteiger partial charge in [-0.25, -0.2) is 9.78 Å². The van der Waals surface area contributed by atoms with Crippen molar-refractivity contribution in [3.05, 3.63) is 17.5 Å². The van der Waals surface area contributed by atoms with Gasteiger partial charge in [0.1, 0.15) is 0 Å². The highest BCUT2D eigenvalue weighted by molar-refractivity contribution is 5.91. The standard InChI is InChI=1S/C9H9F3N2O4/c1-17-8(16)6-7(15)5(18-9(10,11)12)2-4(3-13)14-6/h2,15H,3,13H2,1H3. The van der Waals surface area contributed by atoms with E-state index in [9.17, 15) is 23.1 Å². The molecule has 0 unspecified atom stereocenters. The molecule has 1 aromatic heterocycles. The van der Waals surface area contributed by atoms with E-state index in [4.69, 9.17) is 5.73 Å². The number of pyridine rings is 1. The maximum Gasteiger partial charge on any atom is 0.573 e. The number of carbonyl (C=O) groups is 1. The summed E-state index contributed by atoms with van der Waals surface area (Å²) >= 11 is 0. The van der Waals surface area contributed by atoms with E-state index in [1.54, 1.807) is 0 Å². The average molecular weight is 266 g/mol. The summed E-state index contributed by atoms with van der Waals surface area (Å²) in [6.45, 7) is -0.238. The molecule has 0 saturated heterocycles. The number of hydrogen-bond acceptors (Lipinski definition) is 6. The van der Waals surface area contributed by atoms with Crippen molar-refractivity contribution in [1.29, 1.82) is 0 Å². The molecule has 0 amide bonds. The smallest absolute Gasteiger partial charge is 0.503 e. The molecule has 18 heavy (non-hydrogen) atoms. The van der Waals surface area contributed by atoms with E-state index in [-0.39, 0.29) is 12.2 Å². The second-order valence-corrected chi connectivity index (χ2v) is 3.05. The van der Waals surface area contributed by atoms with Crippen LogP contribution in [0.2, 0.25) is 0 Å². The summed E-state index contributed by atoms with van der Waals surface area (Å²) in [5, 5.41) is 9.44. The first kappa shape index (κ1) is 14.0. The maximum atomic E-state index is 12.1. The molecule has 0 spiro atoms. The first-order valence-corrected chi connectivity index (χ1v) is 4.55. The summed E-state index contributed by atoms with van der Waals surface area (Å²) in [4.78, 5) is 14.8. The Morgan fingerprint density at radius 1 is 1.56 bits per heavy atom. The lowest BCUT2D eigenvalue weighted by molar-refractivity contribution is -0.275. The molecule has 1 heterocycles. The Morgan fingerprint density at radius 2 is 2.17 bits per heavy atom. The van der Waals surface area contributed by atoms with Gasteiger partial charge >= 0.3 is 12.3 Å². The second kappa shape index (κ2) is 5.08. The van der Waals surface area contributed by atoms with Crippen molar-refractivity contribution >= 4 is 5.97 Å². The van der Waals surface area contributed by atoms with Gasteiger partial charge < -0.3 is 20.3 Å². The summed E-state index contributed by atoms with van der Waals surface area (Å²) in [7, 11) is 0.989. The van der Waals surface area contributed by atoms with Gasteiger partial charge in [0.05, 0.1) is 12.8 Å². The molecule has 100 valence electrons. The molecule has 1 aromatic rings. The normalized spacial score (nSPS) is 11.2. The van der Waals surface area contributed by atoms with Crippen LogP contribution in [-0.2, 0) is 11.3 Å². The second-order valence-electron chi connectivity index (χ2n) is 3.05. The molecule has 1 rings (SSSR count). The Labute approximate surface area is 99.1 Å². The monoisotopic (exact) mass is 266 g/mol. The number of nitrogens with two attached hydrogens (primary N) is 1. The third-order valence-corrected chi connectivity index (χ3v) is 1.82. The minimum absolute atomic E-state index is 0.0625. The number of aromatic hydroxyl groups is 1. The Morgan fingerprint density at radius 3 is 2.61 bits per heavy atom. The van der Waals surface area contributed by atoms with E-state index >= 15 is 0 Å². The van der Waals surface area contributed by atoms with E-state index in [0.29, 0.717) is 0 Å². The molecule has 0 radical (unpaired) electrons. The Kier molecular flexibility index (Phi) is 3.96. The molecule has 0 aliphatic rings. The number of halogens is 3. The minimum atomic E-state index is -5.02. The predicted molar refractivity (Wildman–Crippen MR) is 51.8 cm³/mol. The summed E-state index contributed by atoms with van der Waals surface area (Å²) in [5.41, 5.74) is 4.45. The van der Waals surface area contributed by atoms with Gasteiger partial charge in [0.25, 0.3) is 0 Å². The average Bonchev–Trinajstić information content (AvgIpc) is 2.29. The van der Waals surface area contributed by atoms with Gasteiger partial charge in [0.2, 0.25) is 0 Å². The van der Waals surface area contributed by atoms with Crippen LogP contribution in [0.5, 0.6) is 11.5 Å². The molecule has 0 aliphatic heterocycles. The molecule has 0 aliphatic carbocycles. The summed E-state index contributed by atoms with van der Waals surface area (Å²) in [6.07, 6.45) is -5.02. The molecule has 0 bridgehead atoms. The van der Waals surface area contributed by atoms with Crippen LogP contribution in [0.15, 0.2) is 6.07 Å². The number of carbonyl (C=O) groups excluding carboxylic acids is 1. The lowest BCUT2D eigenvalue weighted by Gasteiger charge is -2.13. The summed E-state index contributed by atoms with van der Waals surface area (Å²) in [5.74, 6) is -3.12. The van der Waals surface area contributed by atoms with Gasteiger partial charge in [-0.15, -0.1) is 13.2 Å². The molecule has 0 atom stereocenters. The fraction of sp³-hybridized carbons (Fsp3) is 0.333. The van der Waals surface area contributed by atoms with Gasteiger partial charge in [0.15, 0.2) is 17.2 Å². The maximum absolute atomic E-state index is 12.1. The zero-order chi connectivity index (χ0) is 13.9. The third kappa shape index (κ3) is 3.23. The summed E-state index contributed by atoms with van der Waals surface area (Å²) < 4.78 is 44.0. The largest absolute Gasteiger partial charge is 0.573 e. The van der Waals surface area contributed by atoms with Crippen molar-refractivity contribution in [1.82, 2.24) is 4.98 Å². The zero-order valence-electron chi connectivity index (χ0n) is 9.11. The zero-order valence-corrected chi connectivity index (χ0v) is 9.11. The van der Waals surface area contributed by atoms with Crippen LogP contribution in [0.25, 0.3) is 0 Å². The van der Waals surface area contributed by atoms with Crippen LogP contribution < -0.4 is 10.5 Å². The van der Waals surface area contributed by atoms with Gasteiger partial charge in [-0.3, -0.25) is 0 Å². The highest BCUT2D eigenvalue weighted by atomic mass is 19.4. The Bertz CT molecular complexity index is 462. The van der Waals surface area contributed by atoms with E-state index < -0.39 is 29.5 Å². The molecular weight excluding hydrogens is 257 g/mol. The number of alkyl halides is 3. The third-order valence-electron chi connectivity index (χ3n) is 1.82. The number of esters is 1. The van der Waals surface area contributed by atoms with Crippen LogP contribution in [0, 0.1) is 0 Å². The number of aromatic nitrogens is 1. The van der Waals surface area contributed by atoms with E-state index in [0.717, 1.165) is 13.2 Å². The molecule has 0 aromatic carbocycles. The van der Waals surface area contributed by atoms with E-state index in [1.165, 1.54) is 0 Å². The summed E-state index contributed by atoms with van der Waals surface area (Å²) in [6, 6.07) is 0.787. The highest BCUT2D eigenvalue weighted by Crippen LogP contribution is 2.34. The molecule has 9 heteroatoms. The van der Waals surface area contributed by atoms with Gasteiger partial charge in [-0.2, -0.15) is 0 Å². The number of nitrogens with zero attached hydrogens (tertiary/aromatic N) is 1. The Hall–Kier alpha value is -2.03. The van der Waals surface area contributed by atoms with Crippen LogP contribution in [0.1, 0.15) is 16.2 Å². The van der Waals surface area contributed by atoms with Crippen LogP contribution in [0.3, 0.4) is 0 Å². The van der Waals surface area contributed by atoms with E-state index in [1.807, 2.05) is 0 Å². The molecule has 0 saturated carbocycles. The van der Waals surface area contributed by atoms with Crippen LogP contribution >= 0.6 is 0 Å². The molecule has 6 nitrogen and oxygen atoms in total. The fourth-order valence-corrected chi connectivity index (χ4v) is 1.11. The lowest BCUT2D eigenvalue weighted by atomic mass is 10.2. The Balaban J connectivity index is 3.29. The van der Waals surface area contributed by atoms with Crippen molar-refractivity contribution in [2.75, 3.05) is 7.11 Å². The van der Waals surface area contributed by atoms with E-state index in [2.05, 4.69) is 14.5 Å². The van der Waals surface area contributed by atoms with Crippen molar-refractivity contribution < 1.29 is 32.5 Å². The van der Waals surface area contributed by atoms with Crippen LogP contribution in [-0.4, -0.2) is 29.5 Å². The first-order valence-electron chi connectivity index (χ1n) is 4.55. The number of hydrogen-bond donors (Lipinski definition) is 2. The quantitative estimate of drug-likeness (QED) is 0.790. The topological polar surface area (TPSA) is 94.7 Å². The number of ether oxygens (including phenoxy) is 2. The van der Waals surface area contributed by atoms with Crippen molar-refractivity contribution in [3.63, 3.8) is 0 Å². The first-order chi connectivity index (χ1) is 8.28. The number of rotatable bonds is 3. The highest BCUT2D eigenvalue weighted by Gasteiger charge is 2.34. The molecular formula is C9H9F3N2O4. The van der Waals surface area contributed by atoms with Gasteiger partial charge in [-0.05, 0) is 0 Å².